The van der Waals surface area contributed by atoms with Gasteiger partial charge in [0.1, 0.15) is 5.03 Å². The van der Waals surface area contributed by atoms with Gasteiger partial charge in [-0.25, -0.2) is 4.98 Å². The Morgan fingerprint density at radius 2 is 2.00 bits per heavy atom. The largest absolute Gasteiger partial charge is 0.339 e. The molecule has 2 N–H and O–H groups in total. The van der Waals surface area contributed by atoms with Crippen LogP contribution < -0.4 is 10.9 Å². The summed E-state index contributed by atoms with van der Waals surface area (Å²) in [5.41, 5.74) is 7.18. The lowest BCUT2D eigenvalue weighted by atomic mass is 9.88. The Morgan fingerprint density at radius 3 is 2.57 bits per heavy atom. The molecule has 1 aliphatic heterocycles. The molecule has 0 radical (unpaired) electrons. The molecule has 0 aliphatic carbocycles. The van der Waals surface area contributed by atoms with Gasteiger partial charge >= 0.3 is 0 Å². The van der Waals surface area contributed by atoms with Crippen LogP contribution in [0.15, 0.2) is 23.4 Å². The lowest BCUT2D eigenvalue weighted by Crippen LogP contribution is -2.46. The first-order valence-corrected chi connectivity index (χ1v) is 8.47. The highest BCUT2D eigenvalue weighted by atomic mass is 32.2. The predicted octanol–water partition coefficient (Wildman–Crippen LogP) is 1.76. The summed E-state index contributed by atoms with van der Waals surface area (Å²) in [7, 11) is 1.88. The SMILES string of the molecule is CSc1ncccc1C(=O)N(C)C(C)C1C(C)NNC1C. The van der Waals surface area contributed by atoms with E-state index in [0.717, 1.165) is 5.03 Å². The molecule has 0 bridgehead atoms. The number of thioether (sulfide) groups is 1. The number of hydrazine groups is 1. The molecule has 2 heterocycles. The van der Waals surface area contributed by atoms with Crippen molar-refractivity contribution in [1.82, 2.24) is 20.7 Å². The van der Waals surface area contributed by atoms with Gasteiger partial charge in [-0.15, -0.1) is 11.8 Å². The molecule has 0 aromatic carbocycles. The maximum atomic E-state index is 12.8. The number of carbonyl (C=O) groups is 1. The number of aromatic nitrogens is 1. The number of pyridine rings is 1. The molecular weight excluding hydrogens is 284 g/mol. The standard InChI is InChI=1S/C15H24N4OS/c1-9-13(10(2)18-17-9)11(3)19(4)15(20)12-7-6-8-16-14(12)21-5/h6-11,13,17-18H,1-5H3. The van der Waals surface area contributed by atoms with Gasteiger partial charge in [0.2, 0.25) is 0 Å². The number of carbonyl (C=O) groups excluding carboxylic acids is 1. The van der Waals surface area contributed by atoms with Gasteiger partial charge in [0.15, 0.2) is 0 Å². The fraction of sp³-hybridized carbons (Fsp3) is 0.600. The zero-order valence-electron chi connectivity index (χ0n) is 13.3. The van der Waals surface area contributed by atoms with Crippen molar-refractivity contribution in [2.24, 2.45) is 5.92 Å². The third-order valence-electron chi connectivity index (χ3n) is 4.38. The molecule has 1 aliphatic rings. The van der Waals surface area contributed by atoms with Crippen molar-refractivity contribution in [3.8, 4) is 0 Å². The Bertz CT molecular complexity index is 500. The summed E-state index contributed by atoms with van der Waals surface area (Å²) in [5.74, 6) is 0.402. The van der Waals surface area contributed by atoms with E-state index < -0.39 is 0 Å². The molecule has 116 valence electrons. The fourth-order valence-corrected chi connectivity index (χ4v) is 3.61. The second-order valence-corrected chi connectivity index (χ2v) is 6.46. The second-order valence-electron chi connectivity index (χ2n) is 5.66. The van der Waals surface area contributed by atoms with Gasteiger partial charge in [-0.05, 0) is 39.2 Å². The third kappa shape index (κ3) is 3.22. The first-order valence-electron chi connectivity index (χ1n) is 7.24. The topological polar surface area (TPSA) is 57.3 Å². The van der Waals surface area contributed by atoms with Gasteiger partial charge in [0.05, 0.1) is 5.56 Å². The van der Waals surface area contributed by atoms with E-state index in [4.69, 9.17) is 0 Å². The minimum atomic E-state index is 0.0336. The van der Waals surface area contributed by atoms with E-state index in [1.807, 2.05) is 30.3 Å². The molecule has 2 rings (SSSR count). The van der Waals surface area contributed by atoms with Crippen molar-refractivity contribution < 1.29 is 4.79 Å². The van der Waals surface area contributed by atoms with Crippen molar-refractivity contribution in [3.63, 3.8) is 0 Å². The number of nitrogens with one attached hydrogen (secondary N) is 2. The van der Waals surface area contributed by atoms with E-state index in [9.17, 15) is 4.79 Å². The van der Waals surface area contributed by atoms with Crippen molar-refractivity contribution in [2.45, 2.75) is 43.9 Å². The smallest absolute Gasteiger partial charge is 0.256 e. The van der Waals surface area contributed by atoms with Gasteiger partial charge in [-0.3, -0.25) is 15.6 Å². The van der Waals surface area contributed by atoms with Crippen molar-refractivity contribution >= 4 is 17.7 Å². The quantitative estimate of drug-likeness (QED) is 0.830. The molecule has 0 saturated carbocycles. The van der Waals surface area contributed by atoms with Gasteiger partial charge < -0.3 is 4.90 Å². The van der Waals surface area contributed by atoms with Gasteiger partial charge in [0, 0.05) is 37.3 Å². The lowest BCUT2D eigenvalue weighted by Gasteiger charge is -2.33. The average molecular weight is 308 g/mol. The number of nitrogens with zero attached hydrogens (tertiary/aromatic N) is 2. The summed E-state index contributed by atoms with van der Waals surface area (Å²) in [5, 5.41) is 0.783. The van der Waals surface area contributed by atoms with Crippen LogP contribution in [0.25, 0.3) is 0 Å². The van der Waals surface area contributed by atoms with Crippen LogP contribution in [0.1, 0.15) is 31.1 Å². The maximum Gasteiger partial charge on any atom is 0.256 e. The van der Waals surface area contributed by atoms with Gasteiger partial charge in [-0.2, -0.15) is 0 Å². The van der Waals surface area contributed by atoms with E-state index in [1.165, 1.54) is 11.8 Å². The summed E-state index contributed by atoms with van der Waals surface area (Å²) < 4.78 is 0. The highest BCUT2D eigenvalue weighted by Gasteiger charge is 2.37. The number of hydrogen-bond acceptors (Lipinski definition) is 5. The summed E-state index contributed by atoms with van der Waals surface area (Å²) in [6, 6.07) is 4.47. The molecule has 6 heteroatoms. The first-order chi connectivity index (χ1) is 9.97. The van der Waals surface area contributed by atoms with Gasteiger partial charge in [-0.1, -0.05) is 0 Å². The molecule has 1 aromatic heterocycles. The molecule has 3 unspecified atom stereocenters. The van der Waals surface area contributed by atoms with Crippen LogP contribution in [0.5, 0.6) is 0 Å². The Labute approximate surface area is 130 Å². The predicted molar refractivity (Wildman–Crippen MR) is 86.3 cm³/mol. The zero-order valence-corrected chi connectivity index (χ0v) is 14.1. The van der Waals surface area contributed by atoms with Gasteiger partial charge in [0.25, 0.3) is 5.91 Å². The zero-order chi connectivity index (χ0) is 15.6. The number of hydrogen-bond donors (Lipinski definition) is 2. The molecule has 1 amide bonds. The van der Waals surface area contributed by atoms with E-state index in [0.29, 0.717) is 23.6 Å². The maximum absolute atomic E-state index is 12.8. The molecule has 5 nitrogen and oxygen atoms in total. The van der Waals surface area contributed by atoms with E-state index in [-0.39, 0.29) is 11.9 Å². The molecule has 1 fully saturated rings. The minimum Gasteiger partial charge on any atom is -0.339 e. The molecule has 3 atom stereocenters. The Kier molecular flexibility index (Phi) is 5.24. The van der Waals surface area contributed by atoms with Crippen LogP contribution in [-0.4, -0.2) is 47.2 Å². The lowest BCUT2D eigenvalue weighted by molar-refractivity contribution is 0.0674. The van der Waals surface area contributed by atoms with Crippen molar-refractivity contribution in [1.29, 1.82) is 0 Å². The van der Waals surface area contributed by atoms with E-state index >= 15 is 0 Å². The van der Waals surface area contributed by atoms with E-state index in [2.05, 4.69) is 36.6 Å². The number of rotatable bonds is 4. The van der Waals surface area contributed by atoms with Crippen LogP contribution in [0.3, 0.4) is 0 Å². The summed E-state index contributed by atoms with van der Waals surface area (Å²) in [4.78, 5) is 18.9. The van der Waals surface area contributed by atoms with Crippen LogP contribution in [0.4, 0.5) is 0 Å². The normalized spacial score (nSPS) is 26.6. The van der Waals surface area contributed by atoms with Crippen LogP contribution >= 0.6 is 11.8 Å². The summed E-state index contributed by atoms with van der Waals surface area (Å²) >= 11 is 1.50. The third-order valence-corrected chi connectivity index (χ3v) is 5.09. The Balaban J connectivity index is 2.19. The molecular formula is C15H24N4OS. The number of amides is 1. The summed E-state index contributed by atoms with van der Waals surface area (Å²) in [6.07, 6.45) is 3.67. The van der Waals surface area contributed by atoms with Crippen molar-refractivity contribution in [3.05, 3.63) is 23.9 Å². The first kappa shape index (κ1) is 16.3. The van der Waals surface area contributed by atoms with Crippen LogP contribution in [-0.2, 0) is 0 Å². The summed E-state index contributed by atoms with van der Waals surface area (Å²) in [6.45, 7) is 6.40. The highest BCUT2D eigenvalue weighted by Crippen LogP contribution is 2.25. The fourth-order valence-electron chi connectivity index (χ4n) is 3.07. The van der Waals surface area contributed by atoms with Crippen LogP contribution in [0.2, 0.25) is 0 Å². The highest BCUT2D eigenvalue weighted by molar-refractivity contribution is 7.98. The molecule has 1 aromatic rings. The van der Waals surface area contributed by atoms with Crippen LogP contribution in [0, 0.1) is 5.92 Å². The Hall–Kier alpha value is -1.11. The van der Waals surface area contributed by atoms with Crippen molar-refractivity contribution in [2.75, 3.05) is 13.3 Å². The second kappa shape index (κ2) is 6.77. The molecule has 0 spiro atoms. The minimum absolute atomic E-state index is 0.0336. The monoisotopic (exact) mass is 308 g/mol. The average Bonchev–Trinajstić information content (AvgIpc) is 2.84. The van der Waals surface area contributed by atoms with E-state index in [1.54, 1.807) is 6.20 Å². The Morgan fingerprint density at radius 1 is 1.38 bits per heavy atom. The molecule has 1 saturated heterocycles. The molecule has 21 heavy (non-hydrogen) atoms.